The lowest BCUT2D eigenvalue weighted by Gasteiger charge is -2.07. The maximum Gasteiger partial charge on any atom is 0.373 e. The SMILES string of the molecule is C.Cc1ccc(C(C)CN)cc1.Cl.O=C=O. The van der Waals surface area contributed by atoms with Gasteiger partial charge in [0, 0.05) is 0 Å². The molecule has 1 aromatic rings. The van der Waals surface area contributed by atoms with Gasteiger partial charge in [-0.3, -0.25) is 0 Å². The van der Waals surface area contributed by atoms with Crippen molar-refractivity contribution in [1.82, 2.24) is 0 Å². The molecule has 1 rings (SSSR count). The zero-order valence-corrected chi connectivity index (χ0v) is 9.71. The molecular formula is C12H20ClNO2. The Morgan fingerprint density at radius 3 is 1.94 bits per heavy atom. The molecule has 0 amide bonds. The van der Waals surface area contributed by atoms with Crippen LogP contribution in [0.2, 0.25) is 0 Å². The molecule has 4 heteroatoms. The van der Waals surface area contributed by atoms with Gasteiger partial charge in [-0.05, 0) is 24.9 Å². The number of aryl methyl sites for hydroxylation is 1. The van der Waals surface area contributed by atoms with Crippen LogP contribution in [-0.2, 0) is 9.59 Å². The van der Waals surface area contributed by atoms with Gasteiger partial charge in [0.25, 0.3) is 0 Å². The highest BCUT2D eigenvalue weighted by molar-refractivity contribution is 5.85. The molecule has 0 aromatic heterocycles. The summed E-state index contributed by atoms with van der Waals surface area (Å²) in [6.07, 6.45) is 0.250. The van der Waals surface area contributed by atoms with Crippen LogP contribution in [0.15, 0.2) is 24.3 Å². The Morgan fingerprint density at radius 1 is 1.25 bits per heavy atom. The van der Waals surface area contributed by atoms with Crippen molar-refractivity contribution < 1.29 is 9.59 Å². The summed E-state index contributed by atoms with van der Waals surface area (Å²) < 4.78 is 0. The fourth-order valence-electron chi connectivity index (χ4n) is 1.03. The molecule has 16 heavy (non-hydrogen) atoms. The van der Waals surface area contributed by atoms with Gasteiger partial charge in [-0.25, -0.2) is 0 Å². The van der Waals surface area contributed by atoms with Crippen LogP contribution in [0.25, 0.3) is 0 Å². The Labute approximate surface area is 103 Å². The largest absolute Gasteiger partial charge is 0.373 e. The predicted molar refractivity (Wildman–Crippen MR) is 67.6 cm³/mol. The molecule has 92 valence electrons. The van der Waals surface area contributed by atoms with Gasteiger partial charge in [-0.2, -0.15) is 9.59 Å². The van der Waals surface area contributed by atoms with Gasteiger partial charge >= 0.3 is 6.15 Å². The van der Waals surface area contributed by atoms with E-state index in [2.05, 4.69) is 38.1 Å². The second-order valence-corrected chi connectivity index (χ2v) is 3.13. The van der Waals surface area contributed by atoms with E-state index in [1.165, 1.54) is 11.1 Å². The van der Waals surface area contributed by atoms with Crippen LogP contribution >= 0.6 is 12.4 Å². The van der Waals surface area contributed by atoms with Gasteiger partial charge in [0.2, 0.25) is 0 Å². The van der Waals surface area contributed by atoms with Gasteiger partial charge in [-0.15, -0.1) is 12.4 Å². The summed E-state index contributed by atoms with van der Waals surface area (Å²) in [6, 6.07) is 8.54. The van der Waals surface area contributed by atoms with E-state index < -0.39 is 0 Å². The van der Waals surface area contributed by atoms with Crippen molar-refractivity contribution in [3.63, 3.8) is 0 Å². The zero-order chi connectivity index (χ0) is 11.0. The van der Waals surface area contributed by atoms with Crippen molar-refractivity contribution in [2.45, 2.75) is 27.2 Å². The smallest absolute Gasteiger partial charge is 0.330 e. The number of hydrogen-bond acceptors (Lipinski definition) is 3. The molecule has 0 saturated carbocycles. The molecular weight excluding hydrogens is 226 g/mol. The third-order valence-electron chi connectivity index (χ3n) is 2.00. The lowest BCUT2D eigenvalue weighted by atomic mass is 10.0. The summed E-state index contributed by atoms with van der Waals surface area (Å²) in [5, 5.41) is 0. The average Bonchev–Trinajstić information content (AvgIpc) is 2.19. The predicted octanol–water partition coefficient (Wildman–Crippen LogP) is 2.53. The second-order valence-electron chi connectivity index (χ2n) is 3.13. The molecule has 0 radical (unpaired) electrons. The van der Waals surface area contributed by atoms with E-state index in [4.69, 9.17) is 15.3 Å². The molecule has 0 aliphatic carbocycles. The quantitative estimate of drug-likeness (QED) is 0.871. The van der Waals surface area contributed by atoms with Crippen molar-refractivity contribution in [2.75, 3.05) is 6.54 Å². The van der Waals surface area contributed by atoms with Crippen LogP contribution in [-0.4, -0.2) is 12.7 Å². The molecule has 0 fully saturated rings. The maximum atomic E-state index is 8.12. The van der Waals surface area contributed by atoms with Crippen LogP contribution < -0.4 is 5.73 Å². The summed E-state index contributed by atoms with van der Waals surface area (Å²) in [7, 11) is 0. The van der Waals surface area contributed by atoms with Crippen molar-refractivity contribution >= 4 is 18.6 Å². The minimum absolute atomic E-state index is 0. The third-order valence-corrected chi connectivity index (χ3v) is 2.00. The molecule has 0 bridgehead atoms. The van der Waals surface area contributed by atoms with Gasteiger partial charge in [0.1, 0.15) is 0 Å². The van der Waals surface area contributed by atoms with E-state index in [1.54, 1.807) is 0 Å². The van der Waals surface area contributed by atoms with E-state index >= 15 is 0 Å². The van der Waals surface area contributed by atoms with Crippen molar-refractivity contribution in [3.05, 3.63) is 35.4 Å². The Morgan fingerprint density at radius 2 is 1.62 bits per heavy atom. The number of benzene rings is 1. The third kappa shape index (κ3) is 8.18. The van der Waals surface area contributed by atoms with Crippen molar-refractivity contribution in [3.8, 4) is 0 Å². The van der Waals surface area contributed by atoms with E-state index in [0.717, 1.165) is 6.54 Å². The summed E-state index contributed by atoms with van der Waals surface area (Å²) >= 11 is 0. The molecule has 3 nitrogen and oxygen atoms in total. The highest BCUT2D eigenvalue weighted by atomic mass is 35.5. The van der Waals surface area contributed by atoms with Crippen LogP contribution in [0.1, 0.15) is 31.4 Å². The molecule has 0 spiro atoms. The first-order chi connectivity index (χ1) is 6.65. The number of halogens is 1. The molecule has 2 N–H and O–H groups in total. The van der Waals surface area contributed by atoms with E-state index in [0.29, 0.717) is 5.92 Å². The molecule has 0 heterocycles. The normalized spacial score (nSPS) is 9.44. The van der Waals surface area contributed by atoms with Crippen LogP contribution in [0.4, 0.5) is 0 Å². The average molecular weight is 246 g/mol. The highest BCUT2D eigenvalue weighted by Gasteiger charge is 2.00. The second kappa shape index (κ2) is 11.9. The van der Waals surface area contributed by atoms with Gasteiger partial charge in [-0.1, -0.05) is 44.2 Å². The number of nitrogens with two attached hydrogens (primary N) is 1. The first-order valence-electron chi connectivity index (χ1n) is 4.41. The summed E-state index contributed by atoms with van der Waals surface area (Å²) in [4.78, 5) is 16.2. The fraction of sp³-hybridized carbons (Fsp3) is 0.417. The molecule has 0 aliphatic heterocycles. The van der Waals surface area contributed by atoms with Crippen molar-refractivity contribution in [1.29, 1.82) is 0 Å². The van der Waals surface area contributed by atoms with E-state index in [1.807, 2.05) is 0 Å². The summed E-state index contributed by atoms with van der Waals surface area (Å²) in [6.45, 7) is 4.96. The van der Waals surface area contributed by atoms with Crippen LogP contribution in [0, 0.1) is 6.92 Å². The van der Waals surface area contributed by atoms with Crippen LogP contribution in [0.5, 0.6) is 0 Å². The molecule has 1 unspecified atom stereocenters. The Kier molecular flexibility index (Phi) is 15.1. The van der Waals surface area contributed by atoms with Gasteiger partial charge in [0.05, 0.1) is 0 Å². The number of carbonyl (C=O) groups excluding carboxylic acids is 2. The number of hydrogen-bond donors (Lipinski definition) is 1. The monoisotopic (exact) mass is 245 g/mol. The minimum Gasteiger partial charge on any atom is -0.330 e. The Hall–Kier alpha value is -1.15. The fourth-order valence-corrected chi connectivity index (χ4v) is 1.03. The lowest BCUT2D eigenvalue weighted by molar-refractivity contribution is -0.191. The first-order valence-corrected chi connectivity index (χ1v) is 4.41. The highest BCUT2D eigenvalue weighted by Crippen LogP contribution is 2.13. The minimum atomic E-state index is 0. The Balaban J connectivity index is -0.000000306. The number of rotatable bonds is 2. The van der Waals surface area contributed by atoms with E-state index in [9.17, 15) is 0 Å². The van der Waals surface area contributed by atoms with Crippen molar-refractivity contribution in [2.24, 2.45) is 5.73 Å². The lowest BCUT2D eigenvalue weighted by Crippen LogP contribution is -2.08. The molecule has 0 aliphatic rings. The maximum absolute atomic E-state index is 8.12. The standard InChI is InChI=1S/C10H15N.CO2.CH4.ClH/c1-8-3-5-10(6-4-8)9(2)7-11;2-1-3;;/h3-6,9H,7,11H2,1-2H3;;1H4;1H. The van der Waals surface area contributed by atoms with Crippen LogP contribution in [0.3, 0.4) is 0 Å². The zero-order valence-electron chi connectivity index (χ0n) is 8.90. The summed E-state index contributed by atoms with van der Waals surface area (Å²) in [5.41, 5.74) is 8.18. The summed E-state index contributed by atoms with van der Waals surface area (Å²) in [5.74, 6) is 0.482. The first kappa shape index (κ1) is 20.3. The molecule has 0 saturated heterocycles. The Bertz CT molecular complexity index is 292. The van der Waals surface area contributed by atoms with E-state index in [-0.39, 0.29) is 26.0 Å². The topological polar surface area (TPSA) is 60.2 Å². The molecule has 1 atom stereocenters. The molecule has 1 aromatic carbocycles. The van der Waals surface area contributed by atoms with Gasteiger partial charge in [0.15, 0.2) is 0 Å². The van der Waals surface area contributed by atoms with Gasteiger partial charge < -0.3 is 5.73 Å².